The summed E-state index contributed by atoms with van der Waals surface area (Å²) in [5.41, 5.74) is 0. The molecule has 0 amide bonds. The minimum atomic E-state index is -3.64. The van der Waals surface area contributed by atoms with Crippen LogP contribution in [0, 0.1) is 17.0 Å². The SMILES string of the molecule is Cc1nc(S(C)(=O)=O)c([N+](=O)[O-])[nH]1. The molecule has 0 bridgehead atoms. The van der Waals surface area contributed by atoms with Crippen LogP contribution in [0.3, 0.4) is 0 Å². The molecule has 1 aromatic heterocycles. The van der Waals surface area contributed by atoms with E-state index >= 15 is 0 Å². The minimum Gasteiger partial charge on any atom is -0.358 e. The van der Waals surface area contributed by atoms with E-state index in [1.54, 1.807) is 0 Å². The molecule has 0 saturated carbocycles. The van der Waals surface area contributed by atoms with Gasteiger partial charge in [-0.05, 0) is 4.92 Å². The van der Waals surface area contributed by atoms with Crippen LogP contribution in [0.25, 0.3) is 0 Å². The number of nitrogens with one attached hydrogen (secondary N) is 1. The Labute approximate surface area is 73.9 Å². The zero-order valence-electron chi connectivity index (χ0n) is 6.94. The Morgan fingerprint density at radius 1 is 1.54 bits per heavy atom. The van der Waals surface area contributed by atoms with Crippen LogP contribution < -0.4 is 0 Å². The third-order valence-electron chi connectivity index (χ3n) is 1.30. The van der Waals surface area contributed by atoms with Crippen molar-refractivity contribution in [2.75, 3.05) is 6.26 Å². The molecule has 72 valence electrons. The molecular formula is C5H7N3O4S. The van der Waals surface area contributed by atoms with Crippen LogP contribution in [0.5, 0.6) is 0 Å². The summed E-state index contributed by atoms with van der Waals surface area (Å²) < 4.78 is 22.0. The Kier molecular flexibility index (Phi) is 2.08. The van der Waals surface area contributed by atoms with Crippen molar-refractivity contribution >= 4 is 15.7 Å². The summed E-state index contributed by atoms with van der Waals surface area (Å²) in [5.74, 6) is -0.382. The maximum atomic E-state index is 11.0. The summed E-state index contributed by atoms with van der Waals surface area (Å²) in [6.07, 6.45) is 0.871. The highest BCUT2D eigenvalue weighted by molar-refractivity contribution is 7.90. The van der Waals surface area contributed by atoms with E-state index in [-0.39, 0.29) is 5.82 Å². The van der Waals surface area contributed by atoms with Gasteiger partial charge in [0.15, 0.2) is 5.82 Å². The number of hydrogen-bond acceptors (Lipinski definition) is 5. The van der Waals surface area contributed by atoms with Crippen molar-refractivity contribution in [2.45, 2.75) is 11.9 Å². The van der Waals surface area contributed by atoms with Crippen LogP contribution in [0.4, 0.5) is 5.82 Å². The molecule has 1 aromatic rings. The van der Waals surface area contributed by atoms with Crippen molar-refractivity contribution in [2.24, 2.45) is 0 Å². The van der Waals surface area contributed by atoms with Crippen LogP contribution in [0.1, 0.15) is 5.82 Å². The second kappa shape index (κ2) is 2.80. The Balaban J connectivity index is 3.46. The fraction of sp³-hybridized carbons (Fsp3) is 0.400. The summed E-state index contributed by atoms with van der Waals surface area (Å²) in [5, 5.41) is 9.83. The lowest BCUT2D eigenvalue weighted by atomic mass is 10.7. The Morgan fingerprint density at radius 2 is 2.08 bits per heavy atom. The van der Waals surface area contributed by atoms with Crippen molar-refractivity contribution in [3.63, 3.8) is 0 Å². The summed E-state index contributed by atoms with van der Waals surface area (Å²) in [6.45, 7) is 1.45. The molecule has 0 saturated heterocycles. The number of nitro groups is 1. The summed E-state index contributed by atoms with van der Waals surface area (Å²) >= 11 is 0. The molecule has 0 aromatic carbocycles. The van der Waals surface area contributed by atoms with Crippen LogP contribution in [0.2, 0.25) is 0 Å². The number of rotatable bonds is 2. The van der Waals surface area contributed by atoms with Crippen molar-refractivity contribution < 1.29 is 13.3 Å². The van der Waals surface area contributed by atoms with E-state index < -0.39 is 25.6 Å². The number of sulfone groups is 1. The van der Waals surface area contributed by atoms with Gasteiger partial charge in [-0.1, -0.05) is 0 Å². The maximum Gasteiger partial charge on any atom is 0.359 e. The summed E-state index contributed by atoms with van der Waals surface area (Å²) in [7, 11) is -3.64. The molecule has 0 aliphatic rings. The molecule has 13 heavy (non-hydrogen) atoms. The lowest BCUT2D eigenvalue weighted by Crippen LogP contribution is -2.01. The third kappa shape index (κ3) is 1.83. The smallest absolute Gasteiger partial charge is 0.358 e. The minimum absolute atomic E-state index is 0.201. The number of imidazole rings is 1. The van der Waals surface area contributed by atoms with Gasteiger partial charge in [-0.15, -0.1) is 0 Å². The number of H-pyrrole nitrogens is 1. The fourth-order valence-corrected chi connectivity index (χ4v) is 1.62. The number of hydrogen-bond donors (Lipinski definition) is 1. The van der Waals surface area contributed by atoms with E-state index in [9.17, 15) is 18.5 Å². The van der Waals surface area contributed by atoms with Crippen molar-refractivity contribution in [1.29, 1.82) is 0 Å². The first-order chi connectivity index (χ1) is 5.82. The summed E-state index contributed by atoms with van der Waals surface area (Å²) in [6, 6.07) is 0. The molecular weight excluding hydrogens is 198 g/mol. The molecule has 0 radical (unpaired) electrons. The molecule has 1 rings (SSSR count). The van der Waals surface area contributed by atoms with Crippen molar-refractivity contribution in [1.82, 2.24) is 9.97 Å². The normalized spacial score (nSPS) is 11.5. The summed E-state index contributed by atoms with van der Waals surface area (Å²) in [4.78, 5) is 15.3. The Morgan fingerprint density at radius 3 is 2.38 bits per heavy atom. The average Bonchev–Trinajstić information content (AvgIpc) is 2.29. The van der Waals surface area contributed by atoms with Gasteiger partial charge in [0, 0.05) is 13.2 Å². The van der Waals surface area contributed by atoms with Crippen LogP contribution in [-0.4, -0.2) is 29.6 Å². The quantitative estimate of drug-likeness (QED) is 0.541. The molecule has 0 fully saturated rings. The predicted octanol–water partition coefficient (Wildman–Crippen LogP) is 0.0298. The molecule has 1 heterocycles. The van der Waals surface area contributed by atoms with Gasteiger partial charge < -0.3 is 10.1 Å². The maximum absolute atomic E-state index is 11.0. The van der Waals surface area contributed by atoms with Gasteiger partial charge in [0.05, 0.1) is 0 Å². The Bertz CT molecular complexity index is 446. The van der Waals surface area contributed by atoms with Crippen molar-refractivity contribution in [3.8, 4) is 0 Å². The fourth-order valence-electron chi connectivity index (χ4n) is 0.840. The highest BCUT2D eigenvalue weighted by atomic mass is 32.2. The van der Waals surface area contributed by atoms with E-state index in [1.165, 1.54) is 6.92 Å². The van der Waals surface area contributed by atoms with Gasteiger partial charge in [0.2, 0.25) is 9.84 Å². The Hall–Kier alpha value is -1.44. The van der Waals surface area contributed by atoms with Gasteiger partial charge in [-0.2, -0.15) is 4.98 Å². The van der Waals surface area contributed by atoms with Crippen molar-refractivity contribution in [3.05, 3.63) is 15.9 Å². The molecule has 0 aliphatic heterocycles. The lowest BCUT2D eigenvalue weighted by Gasteiger charge is -1.92. The molecule has 0 atom stereocenters. The molecule has 1 N–H and O–H groups in total. The first-order valence-electron chi connectivity index (χ1n) is 3.23. The highest BCUT2D eigenvalue weighted by Gasteiger charge is 2.26. The second-order valence-electron chi connectivity index (χ2n) is 2.51. The largest absolute Gasteiger partial charge is 0.359 e. The average molecular weight is 205 g/mol. The van der Waals surface area contributed by atoms with E-state index in [0.717, 1.165) is 6.26 Å². The van der Waals surface area contributed by atoms with E-state index in [1.807, 2.05) is 0 Å². The number of aryl methyl sites for hydroxylation is 1. The predicted molar refractivity (Wildman–Crippen MR) is 43.1 cm³/mol. The molecule has 8 heteroatoms. The van der Waals surface area contributed by atoms with Gasteiger partial charge in [-0.25, -0.2) is 13.4 Å². The standard InChI is InChI=1S/C5H7N3O4S/c1-3-6-4(8(9)10)5(7-3)13(2,11)12/h1-2H3,(H,6,7). The monoisotopic (exact) mass is 205 g/mol. The van der Waals surface area contributed by atoms with Gasteiger partial charge in [0.25, 0.3) is 5.03 Å². The molecule has 0 spiro atoms. The van der Waals surface area contributed by atoms with E-state index in [4.69, 9.17) is 0 Å². The highest BCUT2D eigenvalue weighted by Crippen LogP contribution is 2.19. The van der Waals surface area contributed by atoms with Crippen LogP contribution in [-0.2, 0) is 9.84 Å². The zero-order chi connectivity index (χ0) is 10.2. The second-order valence-corrected chi connectivity index (χ2v) is 4.44. The first kappa shape index (κ1) is 9.65. The van der Waals surface area contributed by atoms with Gasteiger partial charge >= 0.3 is 5.82 Å². The van der Waals surface area contributed by atoms with E-state index in [2.05, 4.69) is 9.97 Å². The lowest BCUT2D eigenvalue weighted by molar-refractivity contribution is -0.392. The van der Waals surface area contributed by atoms with Gasteiger partial charge in [0.1, 0.15) is 0 Å². The molecule has 7 nitrogen and oxygen atoms in total. The molecule has 0 unspecified atom stereocenters. The van der Waals surface area contributed by atoms with Crippen LogP contribution in [0.15, 0.2) is 5.03 Å². The van der Waals surface area contributed by atoms with E-state index in [0.29, 0.717) is 0 Å². The number of aromatic amines is 1. The molecule has 0 aliphatic carbocycles. The topological polar surface area (TPSA) is 106 Å². The first-order valence-corrected chi connectivity index (χ1v) is 5.12. The third-order valence-corrected chi connectivity index (χ3v) is 2.29. The van der Waals surface area contributed by atoms with Crippen LogP contribution >= 0.6 is 0 Å². The number of aromatic nitrogens is 2. The zero-order valence-corrected chi connectivity index (χ0v) is 7.75. The number of nitrogens with zero attached hydrogens (tertiary/aromatic N) is 2. The van der Waals surface area contributed by atoms with Gasteiger partial charge in [-0.3, -0.25) is 0 Å².